The van der Waals surface area contributed by atoms with Gasteiger partial charge in [-0.25, -0.2) is 13.2 Å². The number of sulfone groups is 1. The smallest absolute Gasteiger partial charge is 0.339 e. The fraction of sp³-hybridized carbons (Fsp3) is 0.250. The maximum Gasteiger partial charge on any atom is 0.339 e. The van der Waals surface area contributed by atoms with Crippen LogP contribution in [0.1, 0.15) is 22.3 Å². The summed E-state index contributed by atoms with van der Waals surface area (Å²) in [7, 11) is -3.64. The molecule has 0 amide bonds. The number of ether oxygens (including phenoxy) is 1. The Morgan fingerprint density at radius 2 is 1.48 bits per heavy atom. The van der Waals surface area contributed by atoms with Crippen LogP contribution in [-0.2, 0) is 14.6 Å². The van der Waals surface area contributed by atoms with E-state index in [2.05, 4.69) is 6.58 Å². The van der Waals surface area contributed by atoms with E-state index in [1.165, 1.54) is 12.1 Å². The molecule has 2 aromatic rings. The van der Waals surface area contributed by atoms with E-state index in [4.69, 9.17) is 4.74 Å². The average molecular weight is 358 g/mol. The summed E-state index contributed by atoms with van der Waals surface area (Å²) in [6.45, 7) is 11.1. The number of rotatable bonds is 5. The van der Waals surface area contributed by atoms with Crippen molar-refractivity contribution in [2.24, 2.45) is 0 Å². The second-order valence-electron chi connectivity index (χ2n) is 6.29. The molecule has 25 heavy (non-hydrogen) atoms. The van der Waals surface area contributed by atoms with Crippen LogP contribution in [0.5, 0.6) is 5.75 Å². The van der Waals surface area contributed by atoms with Crippen LogP contribution in [0.25, 0.3) is 0 Å². The summed E-state index contributed by atoms with van der Waals surface area (Å²) >= 11 is 0. The molecule has 0 atom stereocenters. The van der Waals surface area contributed by atoms with Crippen LogP contribution in [0, 0.1) is 27.7 Å². The minimum Gasteiger partial charge on any atom is -0.423 e. The zero-order chi connectivity index (χ0) is 18.8. The normalized spacial score (nSPS) is 11.2. The van der Waals surface area contributed by atoms with Crippen LogP contribution in [0.3, 0.4) is 0 Å². The minimum atomic E-state index is -3.64. The molecule has 0 unspecified atom stereocenters. The molecule has 4 nitrogen and oxygen atoms in total. The number of hydrogen-bond acceptors (Lipinski definition) is 4. The van der Waals surface area contributed by atoms with E-state index >= 15 is 0 Å². The SMILES string of the molecule is C=C(CS(=O)(=O)c1ccc(C)cc1)C(=O)Oc1c(C)cc(C)cc1C. The predicted octanol–water partition coefficient (Wildman–Crippen LogP) is 3.86. The Morgan fingerprint density at radius 1 is 0.960 bits per heavy atom. The third kappa shape index (κ3) is 4.57. The summed E-state index contributed by atoms with van der Waals surface area (Å²) in [5.41, 5.74) is 3.57. The van der Waals surface area contributed by atoms with E-state index in [0.717, 1.165) is 22.3 Å². The molecule has 0 radical (unpaired) electrons. The van der Waals surface area contributed by atoms with Crippen molar-refractivity contribution < 1.29 is 17.9 Å². The highest BCUT2D eigenvalue weighted by molar-refractivity contribution is 7.91. The highest BCUT2D eigenvalue weighted by Gasteiger charge is 2.22. The van der Waals surface area contributed by atoms with Gasteiger partial charge in [-0.1, -0.05) is 42.0 Å². The second-order valence-corrected chi connectivity index (χ2v) is 8.28. The molecule has 0 aliphatic heterocycles. The van der Waals surface area contributed by atoms with Crippen LogP contribution in [-0.4, -0.2) is 20.1 Å². The van der Waals surface area contributed by atoms with Gasteiger partial charge in [0, 0.05) is 5.57 Å². The van der Waals surface area contributed by atoms with Crippen molar-refractivity contribution in [2.45, 2.75) is 32.6 Å². The van der Waals surface area contributed by atoms with Gasteiger partial charge in [0.2, 0.25) is 0 Å². The molecule has 0 saturated carbocycles. The predicted molar refractivity (Wildman–Crippen MR) is 98.7 cm³/mol. The highest BCUT2D eigenvalue weighted by atomic mass is 32.2. The van der Waals surface area contributed by atoms with Crippen LogP contribution >= 0.6 is 0 Å². The molecule has 0 spiro atoms. The molecule has 0 fully saturated rings. The first-order valence-corrected chi connectivity index (χ1v) is 9.52. The Hall–Kier alpha value is -2.40. The Morgan fingerprint density at radius 3 is 2.00 bits per heavy atom. The zero-order valence-electron chi connectivity index (χ0n) is 14.9. The van der Waals surface area contributed by atoms with Gasteiger partial charge >= 0.3 is 5.97 Å². The number of hydrogen-bond donors (Lipinski definition) is 0. The van der Waals surface area contributed by atoms with Gasteiger partial charge in [0.05, 0.1) is 10.6 Å². The lowest BCUT2D eigenvalue weighted by Crippen LogP contribution is -2.19. The molecule has 0 saturated heterocycles. The molecule has 132 valence electrons. The maximum atomic E-state index is 12.4. The largest absolute Gasteiger partial charge is 0.423 e. The first kappa shape index (κ1) is 18.9. The summed E-state index contributed by atoms with van der Waals surface area (Å²) in [5, 5.41) is 0. The number of carbonyl (C=O) groups excluding carboxylic acids is 1. The fourth-order valence-corrected chi connectivity index (χ4v) is 3.90. The molecule has 0 aliphatic carbocycles. The molecule has 0 N–H and O–H groups in total. The molecule has 0 heterocycles. The van der Waals surface area contributed by atoms with Crippen LogP contribution in [0.4, 0.5) is 0 Å². The van der Waals surface area contributed by atoms with Crippen molar-refractivity contribution in [2.75, 3.05) is 5.75 Å². The third-order valence-corrected chi connectivity index (χ3v) is 5.55. The van der Waals surface area contributed by atoms with E-state index in [9.17, 15) is 13.2 Å². The van der Waals surface area contributed by atoms with E-state index < -0.39 is 21.6 Å². The van der Waals surface area contributed by atoms with Crippen molar-refractivity contribution in [3.63, 3.8) is 0 Å². The van der Waals surface area contributed by atoms with Crippen molar-refractivity contribution in [1.82, 2.24) is 0 Å². The van der Waals surface area contributed by atoms with E-state index in [1.807, 2.05) is 39.8 Å². The van der Waals surface area contributed by atoms with Crippen LogP contribution in [0.2, 0.25) is 0 Å². The fourth-order valence-electron chi connectivity index (χ4n) is 2.61. The van der Waals surface area contributed by atoms with E-state index in [-0.39, 0.29) is 10.5 Å². The Labute approximate surface area is 149 Å². The molecule has 2 aromatic carbocycles. The summed E-state index contributed by atoms with van der Waals surface area (Å²) < 4.78 is 30.2. The van der Waals surface area contributed by atoms with Gasteiger partial charge in [0.15, 0.2) is 9.84 Å². The number of esters is 1. The third-order valence-electron chi connectivity index (χ3n) is 3.83. The lowest BCUT2D eigenvalue weighted by molar-refractivity contribution is -0.130. The molecule has 2 rings (SSSR count). The number of aryl methyl sites for hydroxylation is 4. The van der Waals surface area contributed by atoms with Gasteiger partial charge in [0.25, 0.3) is 0 Å². The van der Waals surface area contributed by atoms with Gasteiger partial charge in [-0.3, -0.25) is 0 Å². The summed E-state index contributed by atoms with van der Waals surface area (Å²) in [6.07, 6.45) is 0. The van der Waals surface area contributed by atoms with E-state index in [0.29, 0.717) is 5.75 Å². The molecule has 0 aliphatic rings. The molecular formula is C20H22O4S. The Kier molecular flexibility index (Phi) is 5.48. The van der Waals surface area contributed by atoms with Gasteiger partial charge in [-0.2, -0.15) is 0 Å². The van der Waals surface area contributed by atoms with Crippen LogP contribution < -0.4 is 4.74 Å². The molecule has 5 heteroatoms. The maximum absolute atomic E-state index is 12.4. The summed E-state index contributed by atoms with van der Waals surface area (Å²) in [4.78, 5) is 12.4. The first-order chi connectivity index (χ1) is 11.6. The number of benzene rings is 2. The Bertz CT molecular complexity index is 900. The minimum absolute atomic E-state index is 0.0973. The zero-order valence-corrected chi connectivity index (χ0v) is 15.7. The second kappa shape index (κ2) is 7.23. The average Bonchev–Trinajstić information content (AvgIpc) is 2.50. The lowest BCUT2D eigenvalue weighted by atomic mass is 10.1. The Balaban J connectivity index is 2.16. The van der Waals surface area contributed by atoms with Crippen molar-refractivity contribution >= 4 is 15.8 Å². The van der Waals surface area contributed by atoms with Crippen molar-refractivity contribution in [1.29, 1.82) is 0 Å². The van der Waals surface area contributed by atoms with Crippen molar-refractivity contribution in [3.8, 4) is 5.75 Å². The topological polar surface area (TPSA) is 60.4 Å². The molecule has 0 aromatic heterocycles. The monoisotopic (exact) mass is 358 g/mol. The lowest BCUT2D eigenvalue weighted by Gasteiger charge is -2.13. The number of carbonyl (C=O) groups is 1. The highest BCUT2D eigenvalue weighted by Crippen LogP contribution is 2.25. The van der Waals surface area contributed by atoms with Gasteiger partial charge < -0.3 is 4.74 Å². The van der Waals surface area contributed by atoms with E-state index in [1.54, 1.807) is 12.1 Å². The summed E-state index contributed by atoms with van der Waals surface area (Å²) in [6, 6.07) is 10.3. The standard InChI is InChI=1S/C20H22O4S/c1-13-6-8-18(9-7-13)25(22,23)12-17(5)20(21)24-19-15(3)10-14(2)11-16(19)4/h6-11H,5,12H2,1-4H3. The molecule has 0 bridgehead atoms. The van der Waals surface area contributed by atoms with Gasteiger partial charge in [-0.15, -0.1) is 0 Å². The van der Waals surface area contributed by atoms with Crippen LogP contribution in [0.15, 0.2) is 53.4 Å². The van der Waals surface area contributed by atoms with Crippen molar-refractivity contribution in [3.05, 3.63) is 70.8 Å². The quantitative estimate of drug-likeness (QED) is 0.463. The van der Waals surface area contributed by atoms with Gasteiger partial charge in [0.1, 0.15) is 5.75 Å². The molecular weight excluding hydrogens is 336 g/mol. The first-order valence-electron chi connectivity index (χ1n) is 7.87. The summed E-state index contributed by atoms with van der Waals surface area (Å²) in [5.74, 6) is -0.756. The van der Waals surface area contributed by atoms with Gasteiger partial charge in [-0.05, 0) is 51.0 Å².